The van der Waals surface area contributed by atoms with Crippen LogP contribution in [0.15, 0.2) is 0 Å². The number of carbonyl (C=O) groups excluding carboxylic acids is 1. The van der Waals surface area contributed by atoms with Gasteiger partial charge in [0, 0.05) is 19.6 Å². The molecule has 2 rings (SSSR count). The molecule has 0 aromatic rings. The zero-order chi connectivity index (χ0) is 8.01. The Morgan fingerprint density at radius 3 is 2.82 bits per heavy atom. The molecule has 4 heteroatoms. The molecule has 1 saturated heterocycles. The molecule has 4 nitrogen and oxygen atoms in total. The highest BCUT2D eigenvalue weighted by molar-refractivity contribution is 5.90. The van der Waals surface area contributed by atoms with Gasteiger partial charge in [-0.15, -0.1) is 0 Å². The van der Waals surface area contributed by atoms with Crippen LogP contribution in [0, 0.1) is 11.8 Å². The van der Waals surface area contributed by atoms with Gasteiger partial charge in [-0.25, -0.2) is 0 Å². The second-order valence-electron chi connectivity index (χ2n) is 2.94. The van der Waals surface area contributed by atoms with Crippen LogP contribution in [0.1, 0.15) is 0 Å². The van der Waals surface area contributed by atoms with Crippen LogP contribution in [0.25, 0.3) is 0 Å². The maximum atomic E-state index is 11.2. The van der Waals surface area contributed by atoms with Crippen molar-refractivity contribution in [1.29, 1.82) is 0 Å². The average molecular weight is 158 g/mol. The van der Waals surface area contributed by atoms with Crippen LogP contribution in [0.2, 0.25) is 0 Å². The first-order valence-corrected chi connectivity index (χ1v) is 3.62. The number of Topliss-reactive ketones (excluding diaryl/α,β-unsaturated/α-hetero) is 1. The first-order chi connectivity index (χ1) is 5.29. The number of carbonyl (C=O) groups is 1. The molecule has 2 aliphatic rings. The number of aliphatic hydroxyl groups excluding tert-OH is 1. The topological polar surface area (TPSA) is 55.8 Å². The van der Waals surface area contributed by atoms with Gasteiger partial charge in [0.25, 0.3) is 0 Å². The number of hydrogen-bond acceptors (Lipinski definition) is 4. The number of fused-ring (bicyclic) bond motifs is 1. The number of hydrogen-bond donors (Lipinski definition) is 1. The Hall–Kier alpha value is -0.450. The Labute approximate surface area is 64.1 Å². The molecule has 0 amide bonds. The van der Waals surface area contributed by atoms with Gasteiger partial charge in [0.05, 0.1) is 12.0 Å². The molecule has 0 aromatic heterocycles. The third-order valence-corrected chi connectivity index (χ3v) is 2.36. The summed E-state index contributed by atoms with van der Waals surface area (Å²) in [5, 5.41) is 8.72. The second-order valence-corrected chi connectivity index (χ2v) is 2.94. The Kier molecular flexibility index (Phi) is 1.49. The first kappa shape index (κ1) is 7.21. The van der Waals surface area contributed by atoms with E-state index in [2.05, 4.69) is 0 Å². The molecule has 2 fully saturated rings. The monoisotopic (exact) mass is 158 g/mol. The van der Waals surface area contributed by atoms with Crippen molar-refractivity contribution in [1.82, 2.24) is 0 Å². The number of rotatable bonds is 2. The number of aliphatic hydroxyl groups is 1. The molecule has 0 radical (unpaired) electrons. The van der Waals surface area contributed by atoms with E-state index in [9.17, 15) is 4.79 Å². The number of ketones is 1. The largest absolute Gasteiger partial charge is 0.396 e. The SMILES string of the molecule is CO[C@@H]1O[C@@H]2[C@H](CO)[C@@H]2C1=O. The summed E-state index contributed by atoms with van der Waals surface area (Å²) < 4.78 is 9.93. The highest BCUT2D eigenvalue weighted by Crippen LogP contribution is 2.48. The van der Waals surface area contributed by atoms with Crippen molar-refractivity contribution >= 4 is 5.78 Å². The highest BCUT2D eigenvalue weighted by atomic mass is 16.7. The second kappa shape index (κ2) is 2.27. The predicted octanol–water partition coefficient (Wildman–Crippen LogP) is -0.835. The molecule has 1 N–H and O–H groups in total. The van der Waals surface area contributed by atoms with Crippen LogP contribution in [-0.4, -0.2) is 37.0 Å². The molecule has 1 saturated carbocycles. The lowest BCUT2D eigenvalue weighted by molar-refractivity contribution is -0.155. The van der Waals surface area contributed by atoms with E-state index < -0.39 is 6.29 Å². The fourth-order valence-electron chi connectivity index (χ4n) is 1.66. The van der Waals surface area contributed by atoms with Crippen molar-refractivity contribution in [2.45, 2.75) is 12.4 Å². The lowest BCUT2D eigenvalue weighted by Crippen LogP contribution is -2.24. The van der Waals surface area contributed by atoms with Crippen LogP contribution in [-0.2, 0) is 14.3 Å². The molecule has 1 aliphatic carbocycles. The summed E-state index contributed by atoms with van der Waals surface area (Å²) in [4.78, 5) is 11.2. The van der Waals surface area contributed by atoms with E-state index >= 15 is 0 Å². The van der Waals surface area contributed by atoms with Crippen molar-refractivity contribution in [3.8, 4) is 0 Å². The Balaban J connectivity index is 2.01. The van der Waals surface area contributed by atoms with Crippen molar-refractivity contribution in [2.24, 2.45) is 11.8 Å². The molecule has 4 atom stereocenters. The van der Waals surface area contributed by atoms with Gasteiger partial charge in [0.15, 0.2) is 5.78 Å². The molecule has 1 heterocycles. The quantitative estimate of drug-likeness (QED) is 0.569. The summed E-state index contributed by atoms with van der Waals surface area (Å²) in [6, 6.07) is 0. The van der Waals surface area contributed by atoms with Crippen molar-refractivity contribution in [3.63, 3.8) is 0 Å². The molecule has 0 unspecified atom stereocenters. The van der Waals surface area contributed by atoms with Crippen molar-refractivity contribution in [3.05, 3.63) is 0 Å². The van der Waals surface area contributed by atoms with Gasteiger partial charge in [-0.2, -0.15) is 0 Å². The van der Waals surface area contributed by atoms with E-state index in [4.69, 9.17) is 14.6 Å². The summed E-state index contributed by atoms with van der Waals surface area (Å²) in [5.41, 5.74) is 0. The fourth-order valence-corrected chi connectivity index (χ4v) is 1.66. The number of methoxy groups -OCH3 is 1. The van der Waals surface area contributed by atoms with E-state index in [-0.39, 0.29) is 30.3 Å². The molecule has 0 bridgehead atoms. The standard InChI is InChI=1S/C7H10O4/c1-10-7-5(9)4-3(2-8)6(4)11-7/h3-4,6-8H,2H2,1H3/t3-,4-,6-,7-/m1/s1. The van der Waals surface area contributed by atoms with Crippen LogP contribution < -0.4 is 0 Å². The fraction of sp³-hybridized carbons (Fsp3) is 0.857. The number of ether oxygens (including phenoxy) is 2. The Morgan fingerprint density at radius 1 is 1.73 bits per heavy atom. The molecule has 0 spiro atoms. The molecule has 11 heavy (non-hydrogen) atoms. The van der Waals surface area contributed by atoms with Crippen molar-refractivity contribution in [2.75, 3.05) is 13.7 Å². The van der Waals surface area contributed by atoms with Gasteiger partial charge < -0.3 is 14.6 Å². The maximum absolute atomic E-state index is 11.2. The molecule has 1 aliphatic heterocycles. The minimum Gasteiger partial charge on any atom is -0.396 e. The minimum atomic E-state index is -0.673. The van der Waals surface area contributed by atoms with Gasteiger partial charge in [-0.05, 0) is 0 Å². The normalized spacial score (nSPS) is 47.6. The minimum absolute atomic E-state index is 0.0171. The smallest absolute Gasteiger partial charge is 0.218 e. The van der Waals surface area contributed by atoms with E-state index in [1.54, 1.807) is 0 Å². The molecular weight excluding hydrogens is 148 g/mol. The van der Waals surface area contributed by atoms with Gasteiger partial charge in [0.1, 0.15) is 0 Å². The van der Waals surface area contributed by atoms with E-state index in [1.807, 2.05) is 0 Å². The van der Waals surface area contributed by atoms with Gasteiger partial charge in [0.2, 0.25) is 6.29 Å². The highest BCUT2D eigenvalue weighted by Gasteiger charge is 2.63. The molecule has 0 aromatic carbocycles. The lowest BCUT2D eigenvalue weighted by Gasteiger charge is -2.09. The van der Waals surface area contributed by atoms with Gasteiger partial charge in [-0.3, -0.25) is 4.79 Å². The summed E-state index contributed by atoms with van der Waals surface area (Å²) in [6.45, 7) is 0.0392. The van der Waals surface area contributed by atoms with E-state index in [1.165, 1.54) is 7.11 Å². The average Bonchev–Trinajstić information content (AvgIpc) is 2.63. The summed E-state index contributed by atoms with van der Waals surface area (Å²) in [5.74, 6) is -0.0737. The third-order valence-electron chi connectivity index (χ3n) is 2.36. The van der Waals surface area contributed by atoms with Crippen molar-refractivity contribution < 1.29 is 19.4 Å². The summed E-state index contributed by atoms with van der Waals surface area (Å²) in [7, 11) is 1.45. The first-order valence-electron chi connectivity index (χ1n) is 3.62. The summed E-state index contributed by atoms with van der Waals surface area (Å²) >= 11 is 0. The molecule has 62 valence electrons. The Bertz CT molecular complexity index is 191. The lowest BCUT2D eigenvalue weighted by atomic mass is 10.2. The van der Waals surface area contributed by atoms with Gasteiger partial charge in [-0.1, -0.05) is 0 Å². The van der Waals surface area contributed by atoms with E-state index in [0.717, 1.165) is 0 Å². The zero-order valence-corrected chi connectivity index (χ0v) is 6.19. The van der Waals surface area contributed by atoms with Crippen LogP contribution in [0.4, 0.5) is 0 Å². The molecular formula is C7H10O4. The third kappa shape index (κ3) is 0.834. The Morgan fingerprint density at radius 2 is 2.45 bits per heavy atom. The summed E-state index contributed by atoms with van der Waals surface area (Å²) in [6.07, 6.45) is -0.745. The van der Waals surface area contributed by atoms with Crippen LogP contribution in [0.5, 0.6) is 0 Å². The predicted molar refractivity (Wildman–Crippen MR) is 34.7 cm³/mol. The van der Waals surface area contributed by atoms with E-state index in [0.29, 0.717) is 0 Å². The van der Waals surface area contributed by atoms with Gasteiger partial charge >= 0.3 is 0 Å². The van der Waals surface area contributed by atoms with Crippen LogP contribution in [0.3, 0.4) is 0 Å². The zero-order valence-electron chi connectivity index (χ0n) is 6.19. The van der Waals surface area contributed by atoms with Crippen LogP contribution >= 0.6 is 0 Å². The maximum Gasteiger partial charge on any atom is 0.218 e.